The zero-order chi connectivity index (χ0) is 10.7. The van der Waals surface area contributed by atoms with Crippen LogP contribution in [0.5, 0.6) is 0 Å². The van der Waals surface area contributed by atoms with Crippen LogP contribution in [0.25, 0.3) is 0 Å². The number of hydrogen-bond donors (Lipinski definition) is 1. The molecule has 0 radical (unpaired) electrons. The van der Waals surface area contributed by atoms with E-state index in [9.17, 15) is 0 Å². The van der Waals surface area contributed by atoms with Crippen molar-refractivity contribution in [3.63, 3.8) is 0 Å². The molecule has 1 fully saturated rings. The van der Waals surface area contributed by atoms with E-state index < -0.39 is 0 Å². The number of furan rings is 1. The predicted molar refractivity (Wildman–Crippen MR) is 61.7 cm³/mol. The van der Waals surface area contributed by atoms with Gasteiger partial charge in [0, 0.05) is 13.7 Å². The first-order valence-corrected chi connectivity index (χ1v) is 6.03. The van der Waals surface area contributed by atoms with Crippen LogP contribution in [0, 0.1) is 0 Å². The molecule has 0 spiro atoms. The first-order valence-electron chi connectivity index (χ1n) is 5.24. The molecule has 1 saturated carbocycles. The Morgan fingerprint density at radius 3 is 2.80 bits per heavy atom. The standard InChI is InChI=1S/C11H16BrNO2/c1-14-11(5-2-6-11)8-13-7-9-3-4-10(12)15-9/h3-4,13H,2,5-8H2,1H3. The summed E-state index contributed by atoms with van der Waals surface area (Å²) >= 11 is 3.28. The van der Waals surface area contributed by atoms with E-state index in [2.05, 4.69) is 21.2 Å². The van der Waals surface area contributed by atoms with Gasteiger partial charge in [-0.05, 0) is 47.3 Å². The molecule has 2 rings (SSSR count). The molecule has 0 aliphatic heterocycles. The van der Waals surface area contributed by atoms with Gasteiger partial charge in [0.25, 0.3) is 0 Å². The second kappa shape index (κ2) is 4.68. The van der Waals surface area contributed by atoms with E-state index in [4.69, 9.17) is 9.15 Å². The van der Waals surface area contributed by atoms with Gasteiger partial charge in [-0.15, -0.1) is 0 Å². The molecule has 1 aromatic heterocycles. The molecule has 15 heavy (non-hydrogen) atoms. The highest BCUT2D eigenvalue weighted by Gasteiger charge is 2.36. The number of halogens is 1. The van der Waals surface area contributed by atoms with Crippen molar-refractivity contribution in [2.24, 2.45) is 0 Å². The lowest BCUT2D eigenvalue weighted by Gasteiger charge is -2.40. The molecular formula is C11H16BrNO2. The van der Waals surface area contributed by atoms with Crippen molar-refractivity contribution >= 4 is 15.9 Å². The second-order valence-corrected chi connectivity index (χ2v) is 4.83. The molecule has 0 bridgehead atoms. The van der Waals surface area contributed by atoms with Gasteiger partial charge in [0.15, 0.2) is 4.67 Å². The van der Waals surface area contributed by atoms with Gasteiger partial charge in [-0.1, -0.05) is 0 Å². The lowest BCUT2D eigenvalue weighted by Crippen LogP contribution is -2.47. The van der Waals surface area contributed by atoms with Crippen LogP contribution in [0.15, 0.2) is 21.2 Å². The third-order valence-electron chi connectivity index (χ3n) is 3.07. The lowest BCUT2D eigenvalue weighted by atomic mass is 9.80. The number of hydrogen-bond acceptors (Lipinski definition) is 3. The van der Waals surface area contributed by atoms with Gasteiger partial charge in [-0.2, -0.15) is 0 Å². The zero-order valence-corrected chi connectivity index (χ0v) is 10.5. The summed E-state index contributed by atoms with van der Waals surface area (Å²) < 4.78 is 11.7. The Balaban J connectivity index is 1.74. The van der Waals surface area contributed by atoms with E-state index in [0.29, 0.717) is 0 Å². The van der Waals surface area contributed by atoms with Gasteiger partial charge in [-0.3, -0.25) is 0 Å². The fourth-order valence-corrected chi connectivity index (χ4v) is 2.22. The molecule has 1 aliphatic carbocycles. The largest absolute Gasteiger partial charge is 0.453 e. The molecule has 0 saturated heterocycles. The van der Waals surface area contributed by atoms with Crippen LogP contribution < -0.4 is 5.32 Å². The van der Waals surface area contributed by atoms with Crippen molar-refractivity contribution in [2.75, 3.05) is 13.7 Å². The molecule has 0 atom stereocenters. The Morgan fingerprint density at radius 2 is 2.33 bits per heavy atom. The summed E-state index contributed by atoms with van der Waals surface area (Å²) in [7, 11) is 1.80. The molecule has 1 N–H and O–H groups in total. The Kier molecular flexibility index (Phi) is 3.49. The zero-order valence-electron chi connectivity index (χ0n) is 8.88. The highest BCUT2D eigenvalue weighted by Crippen LogP contribution is 2.34. The molecule has 0 amide bonds. The summed E-state index contributed by atoms with van der Waals surface area (Å²) in [5.74, 6) is 0.951. The van der Waals surface area contributed by atoms with Crippen LogP contribution in [-0.4, -0.2) is 19.3 Å². The van der Waals surface area contributed by atoms with Crippen LogP contribution in [-0.2, 0) is 11.3 Å². The van der Waals surface area contributed by atoms with Crippen LogP contribution >= 0.6 is 15.9 Å². The highest BCUT2D eigenvalue weighted by atomic mass is 79.9. The molecule has 3 nitrogen and oxygen atoms in total. The number of rotatable bonds is 5. The Bertz CT molecular complexity index is 315. The maximum Gasteiger partial charge on any atom is 0.169 e. The van der Waals surface area contributed by atoms with Gasteiger partial charge in [-0.25, -0.2) is 0 Å². The maximum atomic E-state index is 5.51. The molecular weight excluding hydrogens is 258 g/mol. The van der Waals surface area contributed by atoms with Gasteiger partial charge in [0.2, 0.25) is 0 Å². The molecule has 84 valence electrons. The molecule has 0 aromatic carbocycles. The van der Waals surface area contributed by atoms with E-state index in [1.165, 1.54) is 19.3 Å². The summed E-state index contributed by atoms with van der Waals surface area (Å²) in [6, 6.07) is 3.88. The van der Waals surface area contributed by atoms with Crippen LogP contribution in [0.1, 0.15) is 25.0 Å². The SMILES string of the molecule is COC1(CNCc2ccc(Br)o2)CCC1. The van der Waals surface area contributed by atoms with Crippen LogP contribution in [0.4, 0.5) is 0 Å². The third kappa shape index (κ3) is 2.62. The first-order chi connectivity index (χ1) is 7.24. The van der Waals surface area contributed by atoms with E-state index >= 15 is 0 Å². The smallest absolute Gasteiger partial charge is 0.169 e. The molecule has 0 unspecified atom stereocenters. The fraction of sp³-hybridized carbons (Fsp3) is 0.636. The monoisotopic (exact) mass is 273 g/mol. The Hall–Kier alpha value is -0.320. The summed E-state index contributed by atoms with van der Waals surface area (Å²) in [5, 5.41) is 3.37. The van der Waals surface area contributed by atoms with E-state index in [0.717, 1.165) is 23.5 Å². The molecule has 4 heteroatoms. The Labute approximate surface area is 98.3 Å². The van der Waals surface area contributed by atoms with Gasteiger partial charge < -0.3 is 14.5 Å². The summed E-state index contributed by atoms with van der Waals surface area (Å²) in [4.78, 5) is 0. The molecule has 1 aromatic rings. The second-order valence-electron chi connectivity index (χ2n) is 4.05. The normalized spacial score (nSPS) is 18.8. The minimum atomic E-state index is 0.0871. The third-order valence-corrected chi connectivity index (χ3v) is 3.50. The van der Waals surface area contributed by atoms with Crippen molar-refractivity contribution in [3.8, 4) is 0 Å². The van der Waals surface area contributed by atoms with Crippen LogP contribution in [0.2, 0.25) is 0 Å². The minimum Gasteiger partial charge on any atom is -0.453 e. The average molecular weight is 274 g/mol. The van der Waals surface area contributed by atoms with Crippen molar-refractivity contribution in [1.82, 2.24) is 5.32 Å². The van der Waals surface area contributed by atoms with Gasteiger partial charge in [0.05, 0.1) is 12.1 Å². The summed E-state index contributed by atoms with van der Waals surface area (Å²) in [6.45, 7) is 1.67. The molecule has 1 heterocycles. The fourth-order valence-electron chi connectivity index (χ4n) is 1.88. The quantitative estimate of drug-likeness (QED) is 0.896. The van der Waals surface area contributed by atoms with Crippen molar-refractivity contribution in [1.29, 1.82) is 0 Å². The first kappa shape index (κ1) is 11.2. The van der Waals surface area contributed by atoms with Gasteiger partial charge in [0.1, 0.15) is 5.76 Å². The number of ether oxygens (including phenoxy) is 1. The van der Waals surface area contributed by atoms with Gasteiger partial charge >= 0.3 is 0 Å². The maximum absolute atomic E-state index is 5.51. The Morgan fingerprint density at radius 1 is 1.53 bits per heavy atom. The summed E-state index contributed by atoms with van der Waals surface area (Å²) in [6.07, 6.45) is 3.61. The van der Waals surface area contributed by atoms with Crippen molar-refractivity contribution in [3.05, 3.63) is 22.6 Å². The van der Waals surface area contributed by atoms with Crippen molar-refractivity contribution in [2.45, 2.75) is 31.4 Å². The van der Waals surface area contributed by atoms with E-state index in [-0.39, 0.29) is 5.60 Å². The van der Waals surface area contributed by atoms with Crippen molar-refractivity contribution < 1.29 is 9.15 Å². The minimum absolute atomic E-state index is 0.0871. The molecule has 1 aliphatic rings. The number of nitrogens with one attached hydrogen (secondary N) is 1. The van der Waals surface area contributed by atoms with E-state index in [1.54, 1.807) is 7.11 Å². The van der Waals surface area contributed by atoms with E-state index in [1.807, 2.05) is 12.1 Å². The number of methoxy groups -OCH3 is 1. The topological polar surface area (TPSA) is 34.4 Å². The van der Waals surface area contributed by atoms with Crippen LogP contribution in [0.3, 0.4) is 0 Å². The summed E-state index contributed by atoms with van der Waals surface area (Å²) in [5.41, 5.74) is 0.0871. The lowest BCUT2D eigenvalue weighted by molar-refractivity contribution is -0.0697. The highest BCUT2D eigenvalue weighted by molar-refractivity contribution is 9.10. The average Bonchev–Trinajstić information content (AvgIpc) is 2.56. The predicted octanol–water partition coefficient (Wildman–Crippen LogP) is 2.70.